The molecule has 1 fully saturated rings. The average Bonchev–Trinajstić information content (AvgIpc) is 2.34. The molecule has 0 bridgehead atoms. The number of aryl methyl sites for hydroxylation is 1. The topological polar surface area (TPSA) is 6.48 Å². The van der Waals surface area contributed by atoms with Gasteiger partial charge in [-0.15, -0.1) is 0 Å². The van der Waals surface area contributed by atoms with Gasteiger partial charge >= 0.3 is 120 Å². The molecule has 1 aliphatic rings. The fraction of sp³-hybridized carbons (Fsp3) is 0.538. The average molecular weight is 357 g/mol. The van der Waals surface area contributed by atoms with Gasteiger partial charge in [0, 0.05) is 0 Å². The van der Waals surface area contributed by atoms with Crippen molar-refractivity contribution in [2.45, 2.75) is 20.3 Å². The van der Waals surface area contributed by atoms with E-state index in [4.69, 9.17) is 11.6 Å². The van der Waals surface area contributed by atoms with E-state index in [1.54, 1.807) is 0 Å². The van der Waals surface area contributed by atoms with E-state index < -0.39 is 0 Å². The second kappa shape index (κ2) is 6.30. The van der Waals surface area contributed by atoms with Crippen LogP contribution in [0.1, 0.15) is 18.9 Å². The maximum atomic E-state index is 6.39. The van der Waals surface area contributed by atoms with Gasteiger partial charge in [0.05, 0.1) is 0 Å². The zero-order valence-electron chi connectivity index (χ0n) is 10.5. The molecule has 0 saturated carbocycles. The molecule has 0 amide bonds. The minimum absolute atomic E-state index is 0.389. The molecular weight excluding hydrogens is 338 g/mol. The van der Waals surface area contributed by atoms with Crippen LogP contribution in [0, 0.1) is 6.92 Å². The van der Waals surface area contributed by atoms with Gasteiger partial charge in [0.25, 0.3) is 0 Å². The molecule has 2 nitrogen and oxygen atoms in total. The van der Waals surface area contributed by atoms with Gasteiger partial charge in [-0.1, -0.05) is 0 Å². The normalized spacial score (nSPS) is 17.5. The predicted octanol–water partition coefficient (Wildman–Crippen LogP) is 2.76. The maximum absolute atomic E-state index is 6.39. The van der Waals surface area contributed by atoms with E-state index in [1.807, 2.05) is 0 Å². The molecule has 0 aromatic heterocycles. The van der Waals surface area contributed by atoms with Crippen LogP contribution in [0.5, 0.6) is 0 Å². The van der Waals surface area contributed by atoms with Crippen LogP contribution in [-0.2, 0) is 0 Å². The summed E-state index contributed by atoms with van der Waals surface area (Å²) in [5.41, 5.74) is 2.43. The first-order chi connectivity index (χ1) is 8.22. The molecule has 1 aliphatic heterocycles. The van der Waals surface area contributed by atoms with Crippen LogP contribution < -0.4 is 4.90 Å². The van der Waals surface area contributed by atoms with Crippen molar-refractivity contribution in [2.75, 3.05) is 29.1 Å². The first kappa shape index (κ1) is 13.5. The molecule has 0 spiro atoms. The summed E-state index contributed by atoms with van der Waals surface area (Å²) in [6, 6.07) is 6.35. The van der Waals surface area contributed by atoms with E-state index in [1.165, 1.54) is 35.3 Å². The van der Waals surface area contributed by atoms with Crippen molar-refractivity contribution in [3.63, 3.8) is 0 Å². The number of halogens is 1. The van der Waals surface area contributed by atoms with Gasteiger partial charge < -0.3 is 0 Å². The predicted molar refractivity (Wildman–Crippen MR) is 76.0 cm³/mol. The summed E-state index contributed by atoms with van der Waals surface area (Å²) in [5, 5.41) is 0.941. The van der Waals surface area contributed by atoms with Crippen LogP contribution in [0.3, 0.4) is 0 Å². The molecule has 0 aliphatic carbocycles. The van der Waals surface area contributed by atoms with Crippen molar-refractivity contribution in [3.8, 4) is 0 Å². The number of anilines is 1. The number of hydrogen-bond acceptors (Lipinski definition) is 2. The van der Waals surface area contributed by atoms with Crippen molar-refractivity contribution in [1.29, 1.82) is 0 Å². The fourth-order valence-corrected chi connectivity index (χ4v) is 6.19. The molecule has 92 valence electrons. The van der Waals surface area contributed by atoms with Crippen LogP contribution in [0.4, 0.5) is 5.69 Å². The molecule has 2 radical (unpaired) electrons. The third-order valence-corrected chi connectivity index (χ3v) is 7.67. The van der Waals surface area contributed by atoms with E-state index in [0.717, 1.165) is 11.6 Å². The Labute approximate surface area is 120 Å². The van der Waals surface area contributed by atoms with Gasteiger partial charge in [-0.2, -0.15) is 0 Å². The van der Waals surface area contributed by atoms with Gasteiger partial charge in [0.1, 0.15) is 0 Å². The SMILES string of the molecule is CCC[N]1CCN(c2cccc(C)c2Cl)[CH2][Sn]1. The molecule has 0 atom stereocenters. The van der Waals surface area contributed by atoms with Gasteiger partial charge in [-0.25, -0.2) is 0 Å². The van der Waals surface area contributed by atoms with Gasteiger partial charge in [0.15, 0.2) is 0 Å². The van der Waals surface area contributed by atoms with Crippen molar-refractivity contribution < 1.29 is 0 Å². The Morgan fingerprint density at radius 2 is 2.18 bits per heavy atom. The number of nitrogens with zero attached hydrogens (tertiary/aromatic N) is 2. The van der Waals surface area contributed by atoms with Gasteiger partial charge in [-0.05, 0) is 0 Å². The second-order valence-corrected chi connectivity index (χ2v) is 8.46. The van der Waals surface area contributed by atoms with Crippen LogP contribution in [0.25, 0.3) is 0 Å². The molecular formula is C13H19ClN2Sn. The first-order valence-electron chi connectivity index (χ1n) is 6.21. The molecule has 1 aromatic rings. The standard InChI is InChI=1S/C13H19ClN2.Sn/c1-4-8-15-9-10-16(3)12-7-5-6-11(2)13(12)14;/h5-7H,3-4,8-10H2,1-2H3;/q-1;+1. The summed E-state index contributed by atoms with van der Waals surface area (Å²) in [6.45, 7) is 8.00. The molecule has 0 N–H and O–H groups in total. The molecule has 0 unspecified atom stereocenters. The van der Waals surface area contributed by atoms with E-state index in [0.29, 0.717) is 0 Å². The quantitative estimate of drug-likeness (QED) is 0.768. The molecule has 1 heterocycles. The summed E-state index contributed by atoms with van der Waals surface area (Å²) in [7, 11) is 0. The minimum atomic E-state index is -0.389. The molecule has 2 rings (SSSR count). The van der Waals surface area contributed by atoms with Gasteiger partial charge in [0.2, 0.25) is 0 Å². The van der Waals surface area contributed by atoms with Crippen LogP contribution in [-0.4, -0.2) is 48.7 Å². The summed E-state index contributed by atoms with van der Waals surface area (Å²) in [6.07, 6.45) is 1.28. The molecule has 1 saturated heterocycles. The number of rotatable bonds is 3. The first-order valence-corrected chi connectivity index (χ1v) is 9.88. The summed E-state index contributed by atoms with van der Waals surface area (Å²) >= 11 is 6.00. The van der Waals surface area contributed by atoms with E-state index in [9.17, 15) is 0 Å². The summed E-state index contributed by atoms with van der Waals surface area (Å²) in [5.74, 6) is 0. The van der Waals surface area contributed by atoms with E-state index in [2.05, 4.69) is 40.1 Å². The Hall–Kier alpha value is 0.0687. The zero-order valence-corrected chi connectivity index (χ0v) is 14.2. The zero-order chi connectivity index (χ0) is 12.3. The molecule has 17 heavy (non-hydrogen) atoms. The van der Waals surface area contributed by atoms with Crippen molar-refractivity contribution >= 4 is 38.7 Å². The Bertz CT molecular complexity index is 376. The Morgan fingerprint density at radius 1 is 1.35 bits per heavy atom. The van der Waals surface area contributed by atoms with Crippen molar-refractivity contribution in [2.24, 2.45) is 0 Å². The Balaban J connectivity index is 2.03. The summed E-state index contributed by atoms with van der Waals surface area (Å²) < 4.78 is 3.95. The third-order valence-electron chi connectivity index (χ3n) is 3.13. The Morgan fingerprint density at radius 3 is 2.82 bits per heavy atom. The van der Waals surface area contributed by atoms with E-state index >= 15 is 0 Å². The van der Waals surface area contributed by atoms with Crippen molar-refractivity contribution in [1.82, 2.24) is 3.12 Å². The summed E-state index contributed by atoms with van der Waals surface area (Å²) in [4.78, 5) is 2.48. The number of hydrogen-bond donors (Lipinski definition) is 0. The number of benzene rings is 1. The van der Waals surface area contributed by atoms with Crippen LogP contribution >= 0.6 is 11.6 Å². The monoisotopic (exact) mass is 358 g/mol. The van der Waals surface area contributed by atoms with Crippen LogP contribution in [0.2, 0.25) is 5.02 Å². The Kier molecular flexibility index (Phi) is 5.00. The second-order valence-electron chi connectivity index (χ2n) is 4.47. The molecule has 4 heteroatoms. The van der Waals surface area contributed by atoms with Crippen molar-refractivity contribution in [3.05, 3.63) is 28.8 Å². The molecule has 1 aromatic carbocycles. The fourth-order valence-electron chi connectivity index (χ4n) is 2.13. The van der Waals surface area contributed by atoms with Gasteiger partial charge in [-0.3, -0.25) is 0 Å². The van der Waals surface area contributed by atoms with E-state index in [-0.39, 0.29) is 21.4 Å². The third kappa shape index (κ3) is 3.29. The van der Waals surface area contributed by atoms with Crippen LogP contribution in [0.15, 0.2) is 18.2 Å².